The van der Waals surface area contributed by atoms with E-state index in [2.05, 4.69) is 23.9 Å². The van der Waals surface area contributed by atoms with Crippen LogP contribution in [0.25, 0.3) is 0 Å². The van der Waals surface area contributed by atoms with Gasteiger partial charge in [-0.15, -0.1) is 0 Å². The zero-order valence-corrected chi connectivity index (χ0v) is 9.38. The van der Waals surface area contributed by atoms with E-state index in [1.807, 2.05) is 0 Å². The van der Waals surface area contributed by atoms with Crippen molar-refractivity contribution in [2.45, 2.75) is 45.6 Å². The molecule has 0 atom stereocenters. The number of carbonyl (C=O) groups is 1. The molecule has 1 fully saturated rings. The van der Waals surface area contributed by atoms with Crippen LogP contribution in [-0.4, -0.2) is 19.2 Å². The minimum absolute atomic E-state index is 0.294. The normalized spacial score (nSPS) is 27.4. The smallest absolute Gasteiger partial charge is 0.407 e. The predicted molar refractivity (Wildman–Crippen MR) is 56.1 cm³/mol. The Morgan fingerprint density at radius 1 is 1.29 bits per heavy atom. The third kappa shape index (κ3) is 3.20. The maximum atomic E-state index is 11.0. The van der Waals surface area contributed by atoms with Crippen LogP contribution in [0.4, 0.5) is 4.79 Å². The topological polar surface area (TPSA) is 38.3 Å². The van der Waals surface area contributed by atoms with Crippen molar-refractivity contribution in [3.63, 3.8) is 0 Å². The number of ether oxygens (including phenoxy) is 1. The highest BCUT2D eigenvalue weighted by atomic mass is 16.5. The number of hydrogen-bond donors (Lipinski definition) is 1. The average molecular weight is 199 g/mol. The average Bonchev–Trinajstić information content (AvgIpc) is 2.18. The molecule has 1 saturated carbocycles. The highest BCUT2D eigenvalue weighted by molar-refractivity contribution is 5.67. The van der Waals surface area contributed by atoms with Crippen LogP contribution in [0.5, 0.6) is 0 Å². The summed E-state index contributed by atoms with van der Waals surface area (Å²) in [7, 11) is 1.41. The lowest BCUT2D eigenvalue weighted by Gasteiger charge is -2.30. The first-order valence-corrected chi connectivity index (χ1v) is 5.48. The van der Waals surface area contributed by atoms with E-state index in [1.165, 1.54) is 20.0 Å². The molecule has 0 aliphatic heterocycles. The van der Waals surface area contributed by atoms with Crippen molar-refractivity contribution in [1.82, 2.24) is 5.32 Å². The molecule has 0 saturated heterocycles. The number of methoxy groups -OCH3 is 1. The molecule has 3 nitrogen and oxygen atoms in total. The quantitative estimate of drug-likeness (QED) is 0.742. The van der Waals surface area contributed by atoms with E-state index in [0.717, 1.165) is 24.7 Å². The first kappa shape index (κ1) is 11.3. The Kier molecular flexibility index (Phi) is 4.23. The molecule has 82 valence electrons. The summed E-state index contributed by atoms with van der Waals surface area (Å²) >= 11 is 0. The largest absolute Gasteiger partial charge is 0.453 e. The Balaban J connectivity index is 2.25. The van der Waals surface area contributed by atoms with Gasteiger partial charge in [0.25, 0.3) is 0 Å². The summed E-state index contributed by atoms with van der Waals surface area (Å²) in [5.41, 5.74) is 0. The Labute approximate surface area is 86.2 Å². The van der Waals surface area contributed by atoms with Gasteiger partial charge in [0.05, 0.1) is 7.11 Å². The van der Waals surface area contributed by atoms with Crippen LogP contribution in [0.2, 0.25) is 0 Å². The number of rotatable bonds is 2. The molecule has 1 N–H and O–H groups in total. The molecule has 0 spiro atoms. The second-order valence-electron chi connectivity index (χ2n) is 4.49. The summed E-state index contributed by atoms with van der Waals surface area (Å²) in [6.45, 7) is 4.55. The summed E-state index contributed by atoms with van der Waals surface area (Å²) in [5.74, 6) is 1.61. The maximum absolute atomic E-state index is 11.0. The fourth-order valence-corrected chi connectivity index (χ4v) is 2.16. The second kappa shape index (κ2) is 5.23. The first-order chi connectivity index (χ1) is 6.63. The standard InChI is InChI=1S/C11H21NO2/c1-8(2)9-4-6-10(7-5-9)12-11(13)14-3/h8-10H,4-7H2,1-3H3,(H,12,13). The van der Waals surface area contributed by atoms with Crippen molar-refractivity contribution < 1.29 is 9.53 Å². The summed E-state index contributed by atoms with van der Waals surface area (Å²) in [6, 6.07) is 0.331. The first-order valence-electron chi connectivity index (χ1n) is 5.48. The molecule has 0 heterocycles. The van der Waals surface area contributed by atoms with Gasteiger partial charge in [0.15, 0.2) is 0 Å². The van der Waals surface area contributed by atoms with Crippen LogP contribution in [-0.2, 0) is 4.74 Å². The SMILES string of the molecule is COC(=O)NC1CCC(C(C)C)CC1. The highest BCUT2D eigenvalue weighted by Crippen LogP contribution is 2.29. The van der Waals surface area contributed by atoms with Crippen LogP contribution in [0.15, 0.2) is 0 Å². The molecule has 0 bridgehead atoms. The van der Waals surface area contributed by atoms with E-state index in [1.54, 1.807) is 0 Å². The monoisotopic (exact) mass is 199 g/mol. The summed E-state index contributed by atoms with van der Waals surface area (Å²) in [4.78, 5) is 11.0. The van der Waals surface area contributed by atoms with Gasteiger partial charge in [0.1, 0.15) is 0 Å². The van der Waals surface area contributed by atoms with Crippen molar-refractivity contribution in [3.8, 4) is 0 Å². The lowest BCUT2D eigenvalue weighted by molar-refractivity contribution is 0.157. The van der Waals surface area contributed by atoms with Gasteiger partial charge in [-0.2, -0.15) is 0 Å². The minimum atomic E-state index is -0.294. The van der Waals surface area contributed by atoms with Gasteiger partial charge < -0.3 is 10.1 Å². The molecule has 0 radical (unpaired) electrons. The van der Waals surface area contributed by atoms with Crippen LogP contribution in [0.3, 0.4) is 0 Å². The van der Waals surface area contributed by atoms with Gasteiger partial charge in [-0.25, -0.2) is 4.79 Å². The van der Waals surface area contributed by atoms with Crippen molar-refractivity contribution >= 4 is 6.09 Å². The number of amides is 1. The van der Waals surface area contributed by atoms with Gasteiger partial charge in [-0.3, -0.25) is 0 Å². The fourth-order valence-electron chi connectivity index (χ4n) is 2.16. The van der Waals surface area contributed by atoms with Gasteiger partial charge >= 0.3 is 6.09 Å². The van der Waals surface area contributed by atoms with E-state index < -0.39 is 0 Å². The molecule has 1 rings (SSSR count). The molecule has 0 aromatic heterocycles. The molecule has 3 heteroatoms. The summed E-state index contributed by atoms with van der Waals surface area (Å²) in [5, 5.41) is 2.87. The molecule has 1 aliphatic carbocycles. The van der Waals surface area contributed by atoms with Crippen LogP contribution in [0.1, 0.15) is 39.5 Å². The van der Waals surface area contributed by atoms with Crippen molar-refractivity contribution in [3.05, 3.63) is 0 Å². The van der Waals surface area contributed by atoms with Gasteiger partial charge in [0, 0.05) is 6.04 Å². The lowest BCUT2D eigenvalue weighted by Crippen LogP contribution is -2.38. The van der Waals surface area contributed by atoms with Gasteiger partial charge in [0.2, 0.25) is 0 Å². The highest BCUT2D eigenvalue weighted by Gasteiger charge is 2.24. The lowest BCUT2D eigenvalue weighted by atomic mass is 9.80. The van der Waals surface area contributed by atoms with Crippen LogP contribution in [0, 0.1) is 11.8 Å². The molecule has 0 aromatic carbocycles. The van der Waals surface area contributed by atoms with E-state index >= 15 is 0 Å². The molecule has 0 aromatic rings. The predicted octanol–water partition coefficient (Wildman–Crippen LogP) is 2.56. The molecular weight excluding hydrogens is 178 g/mol. The fraction of sp³-hybridized carbons (Fsp3) is 0.909. The van der Waals surface area contributed by atoms with Crippen molar-refractivity contribution in [2.24, 2.45) is 11.8 Å². The van der Waals surface area contributed by atoms with Gasteiger partial charge in [-0.1, -0.05) is 13.8 Å². The third-order valence-electron chi connectivity index (χ3n) is 3.22. The van der Waals surface area contributed by atoms with E-state index in [4.69, 9.17) is 0 Å². The Hall–Kier alpha value is -0.730. The second-order valence-corrected chi connectivity index (χ2v) is 4.49. The number of carbonyl (C=O) groups excluding carboxylic acids is 1. The zero-order chi connectivity index (χ0) is 10.6. The zero-order valence-electron chi connectivity index (χ0n) is 9.38. The van der Waals surface area contributed by atoms with E-state index in [9.17, 15) is 4.79 Å². The number of alkyl carbamates (subject to hydrolysis) is 1. The van der Waals surface area contributed by atoms with Crippen molar-refractivity contribution in [2.75, 3.05) is 7.11 Å². The molecule has 14 heavy (non-hydrogen) atoms. The summed E-state index contributed by atoms with van der Waals surface area (Å²) in [6.07, 6.45) is 4.35. The Bertz CT molecular complexity index is 184. The van der Waals surface area contributed by atoms with Crippen LogP contribution >= 0.6 is 0 Å². The Morgan fingerprint density at radius 3 is 2.29 bits per heavy atom. The molecular formula is C11H21NO2. The van der Waals surface area contributed by atoms with Crippen molar-refractivity contribution in [1.29, 1.82) is 0 Å². The van der Waals surface area contributed by atoms with Crippen LogP contribution < -0.4 is 5.32 Å². The third-order valence-corrected chi connectivity index (χ3v) is 3.22. The number of hydrogen-bond acceptors (Lipinski definition) is 2. The summed E-state index contributed by atoms with van der Waals surface area (Å²) < 4.78 is 4.58. The Morgan fingerprint density at radius 2 is 1.86 bits per heavy atom. The molecule has 0 unspecified atom stereocenters. The van der Waals surface area contributed by atoms with Gasteiger partial charge in [-0.05, 0) is 37.5 Å². The molecule has 1 aliphatic rings. The van der Waals surface area contributed by atoms with E-state index in [-0.39, 0.29) is 6.09 Å². The minimum Gasteiger partial charge on any atom is -0.453 e. The van der Waals surface area contributed by atoms with E-state index in [0.29, 0.717) is 6.04 Å². The maximum Gasteiger partial charge on any atom is 0.407 e. The number of nitrogens with one attached hydrogen (secondary N) is 1. The molecule has 1 amide bonds.